The van der Waals surface area contributed by atoms with Crippen LogP contribution in [0.1, 0.15) is 38.2 Å². The SMILES string of the molecule is CCCCCCN=C(Nc1cc(Cl)cc(Cl)c1)NS(=O)(=O)c1ccc(C)cc1. The topological polar surface area (TPSA) is 70.6 Å². The molecule has 2 aromatic rings. The van der Waals surface area contributed by atoms with Crippen molar-refractivity contribution in [3.05, 3.63) is 58.1 Å². The van der Waals surface area contributed by atoms with Gasteiger partial charge in [-0.3, -0.25) is 4.99 Å². The predicted octanol–water partition coefficient (Wildman–Crippen LogP) is 5.63. The van der Waals surface area contributed by atoms with Crippen molar-refractivity contribution in [2.24, 2.45) is 4.99 Å². The van der Waals surface area contributed by atoms with Crippen molar-refractivity contribution >= 4 is 44.9 Å². The van der Waals surface area contributed by atoms with E-state index in [0.717, 1.165) is 31.2 Å². The molecule has 0 aromatic heterocycles. The highest BCUT2D eigenvalue weighted by Gasteiger charge is 2.16. The lowest BCUT2D eigenvalue weighted by molar-refractivity contribution is 0.592. The van der Waals surface area contributed by atoms with Crippen LogP contribution in [0, 0.1) is 6.92 Å². The molecule has 0 amide bonds. The van der Waals surface area contributed by atoms with Crippen LogP contribution >= 0.6 is 23.2 Å². The Kier molecular flexibility index (Phi) is 8.60. The number of nitrogens with zero attached hydrogens (tertiary/aromatic N) is 1. The van der Waals surface area contributed by atoms with Crippen molar-refractivity contribution in [3.63, 3.8) is 0 Å². The molecule has 2 rings (SSSR count). The fraction of sp³-hybridized carbons (Fsp3) is 0.350. The van der Waals surface area contributed by atoms with Gasteiger partial charge in [-0.1, -0.05) is 67.1 Å². The number of hydrogen-bond donors (Lipinski definition) is 2. The highest BCUT2D eigenvalue weighted by molar-refractivity contribution is 7.90. The van der Waals surface area contributed by atoms with E-state index in [0.29, 0.717) is 22.3 Å². The second-order valence-corrected chi connectivity index (χ2v) is 9.05. The summed E-state index contributed by atoms with van der Waals surface area (Å²) in [6.07, 6.45) is 4.16. The number of aryl methyl sites for hydroxylation is 1. The minimum Gasteiger partial charge on any atom is -0.325 e. The van der Waals surface area contributed by atoms with Gasteiger partial charge in [-0.2, -0.15) is 0 Å². The summed E-state index contributed by atoms with van der Waals surface area (Å²) in [5, 5.41) is 3.87. The largest absolute Gasteiger partial charge is 0.325 e. The fourth-order valence-corrected chi connectivity index (χ4v) is 4.00. The van der Waals surface area contributed by atoms with Crippen molar-refractivity contribution < 1.29 is 8.42 Å². The van der Waals surface area contributed by atoms with Crippen LogP contribution in [0.3, 0.4) is 0 Å². The first-order valence-electron chi connectivity index (χ1n) is 9.17. The first-order valence-corrected chi connectivity index (χ1v) is 11.4. The van der Waals surface area contributed by atoms with Gasteiger partial charge in [0.25, 0.3) is 10.0 Å². The Morgan fingerprint density at radius 1 is 1.00 bits per heavy atom. The summed E-state index contributed by atoms with van der Waals surface area (Å²) in [6, 6.07) is 11.5. The molecule has 0 aliphatic heterocycles. The summed E-state index contributed by atoms with van der Waals surface area (Å²) in [5.74, 6) is 0.135. The van der Waals surface area contributed by atoms with Gasteiger partial charge in [-0.05, 0) is 43.7 Å². The van der Waals surface area contributed by atoms with Crippen LogP contribution in [0.25, 0.3) is 0 Å². The number of sulfonamides is 1. The quantitative estimate of drug-likeness (QED) is 0.316. The molecule has 0 spiro atoms. The molecule has 0 radical (unpaired) electrons. The molecule has 5 nitrogen and oxygen atoms in total. The molecule has 0 aliphatic rings. The summed E-state index contributed by atoms with van der Waals surface area (Å²) >= 11 is 12.1. The van der Waals surface area contributed by atoms with Crippen molar-refractivity contribution in [1.82, 2.24) is 4.72 Å². The number of benzene rings is 2. The standard InChI is InChI=1S/C20H25Cl2N3O2S/c1-3-4-5-6-11-23-20(24-18-13-16(21)12-17(22)14-18)25-28(26,27)19-9-7-15(2)8-10-19/h7-10,12-14H,3-6,11H2,1-2H3,(H2,23,24,25). The van der Waals surface area contributed by atoms with Crippen LogP contribution in [0.2, 0.25) is 10.0 Å². The second-order valence-electron chi connectivity index (χ2n) is 6.49. The van der Waals surface area contributed by atoms with Crippen LogP contribution in [0.4, 0.5) is 5.69 Å². The Hall–Kier alpha value is -1.76. The van der Waals surface area contributed by atoms with Gasteiger partial charge < -0.3 is 5.32 Å². The molecule has 0 saturated carbocycles. The maximum atomic E-state index is 12.7. The summed E-state index contributed by atoms with van der Waals surface area (Å²) in [5.41, 5.74) is 1.53. The van der Waals surface area contributed by atoms with Gasteiger partial charge in [0.05, 0.1) is 4.90 Å². The lowest BCUT2D eigenvalue weighted by atomic mass is 10.2. The smallest absolute Gasteiger partial charge is 0.264 e. The second kappa shape index (κ2) is 10.7. The van der Waals surface area contributed by atoms with Crippen LogP contribution < -0.4 is 10.0 Å². The molecule has 0 aliphatic carbocycles. The normalized spacial score (nSPS) is 12.1. The van der Waals surface area contributed by atoms with Crippen molar-refractivity contribution in [2.45, 2.75) is 44.4 Å². The highest BCUT2D eigenvalue weighted by Crippen LogP contribution is 2.22. The van der Waals surface area contributed by atoms with Crippen molar-refractivity contribution in [2.75, 3.05) is 11.9 Å². The van der Waals surface area contributed by atoms with Gasteiger partial charge in [-0.15, -0.1) is 0 Å². The molecule has 0 atom stereocenters. The van der Waals surface area contributed by atoms with Gasteiger partial charge in [0.1, 0.15) is 0 Å². The third-order valence-electron chi connectivity index (χ3n) is 3.97. The zero-order valence-electron chi connectivity index (χ0n) is 16.0. The minimum atomic E-state index is -3.77. The number of guanidine groups is 1. The molecule has 0 bridgehead atoms. The Labute approximate surface area is 177 Å². The third kappa shape index (κ3) is 7.34. The molecule has 0 fully saturated rings. The zero-order valence-corrected chi connectivity index (χ0v) is 18.3. The summed E-state index contributed by atoms with van der Waals surface area (Å²) < 4.78 is 28.0. The Balaban J connectivity index is 2.21. The molecule has 0 saturated heterocycles. The molecule has 2 N–H and O–H groups in total. The number of anilines is 1. The number of hydrogen-bond acceptors (Lipinski definition) is 3. The van der Waals surface area contributed by atoms with Gasteiger partial charge in [0.15, 0.2) is 0 Å². The Morgan fingerprint density at radius 2 is 1.64 bits per heavy atom. The molecule has 152 valence electrons. The molecule has 2 aromatic carbocycles. The number of aliphatic imine (C=N–C) groups is 1. The van der Waals surface area contributed by atoms with Gasteiger partial charge in [0, 0.05) is 22.3 Å². The van der Waals surface area contributed by atoms with E-state index in [1.807, 2.05) is 6.92 Å². The van der Waals surface area contributed by atoms with Crippen LogP contribution in [-0.4, -0.2) is 20.9 Å². The molecule has 0 unspecified atom stereocenters. The zero-order chi connectivity index (χ0) is 20.6. The maximum absolute atomic E-state index is 12.7. The van der Waals surface area contributed by atoms with E-state index >= 15 is 0 Å². The van der Waals surface area contributed by atoms with E-state index in [2.05, 4.69) is 22.0 Å². The van der Waals surface area contributed by atoms with E-state index in [4.69, 9.17) is 23.2 Å². The van der Waals surface area contributed by atoms with Crippen LogP contribution in [0.15, 0.2) is 52.4 Å². The van der Waals surface area contributed by atoms with Gasteiger partial charge in [-0.25, -0.2) is 13.1 Å². The van der Waals surface area contributed by atoms with Crippen molar-refractivity contribution in [3.8, 4) is 0 Å². The number of unbranched alkanes of at least 4 members (excludes halogenated alkanes) is 3. The van der Waals surface area contributed by atoms with E-state index < -0.39 is 10.0 Å². The Morgan fingerprint density at radius 3 is 2.25 bits per heavy atom. The average Bonchev–Trinajstić information content (AvgIpc) is 2.60. The van der Waals surface area contributed by atoms with Crippen LogP contribution in [-0.2, 0) is 10.0 Å². The molecular weight excluding hydrogens is 417 g/mol. The lowest BCUT2D eigenvalue weighted by Crippen LogP contribution is -2.36. The molecule has 0 heterocycles. The summed E-state index contributed by atoms with van der Waals surface area (Å²) in [7, 11) is -3.77. The van der Waals surface area contributed by atoms with E-state index in [1.165, 1.54) is 0 Å². The van der Waals surface area contributed by atoms with Crippen molar-refractivity contribution in [1.29, 1.82) is 0 Å². The number of rotatable bonds is 8. The lowest BCUT2D eigenvalue weighted by Gasteiger charge is -2.14. The fourth-order valence-electron chi connectivity index (χ4n) is 2.49. The Bertz CT molecular complexity index is 893. The molecular formula is C20H25Cl2N3O2S. The predicted molar refractivity (Wildman–Crippen MR) is 118 cm³/mol. The maximum Gasteiger partial charge on any atom is 0.264 e. The molecule has 28 heavy (non-hydrogen) atoms. The number of halogens is 2. The van der Waals surface area contributed by atoms with Crippen LogP contribution in [0.5, 0.6) is 0 Å². The first-order chi connectivity index (χ1) is 13.3. The van der Waals surface area contributed by atoms with E-state index in [9.17, 15) is 8.42 Å². The van der Waals surface area contributed by atoms with Gasteiger partial charge in [0.2, 0.25) is 5.96 Å². The first kappa shape index (κ1) is 22.5. The highest BCUT2D eigenvalue weighted by atomic mass is 35.5. The van der Waals surface area contributed by atoms with Gasteiger partial charge >= 0.3 is 0 Å². The minimum absolute atomic E-state index is 0.135. The van der Waals surface area contributed by atoms with E-state index in [1.54, 1.807) is 42.5 Å². The summed E-state index contributed by atoms with van der Waals surface area (Å²) in [4.78, 5) is 4.58. The van der Waals surface area contributed by atoms with E-state index in [-0.39, 0.29) is 10.9 Å². The third-order valence-corrected chi connectivity index (χ3v) is 5.76. The number of nitrogens with one attached hydrogen (secondary N) is 2. The average molecular weight is 442 g/mol. The summed E-state index contributed by atoms with van der Waals surface area (Å²) in [6.45, 7) is 4.54. The monoisotopic (exact) mass is 441 g/mol. The molecule has 8 heteroatoms.